The Labute approximate surface area is 163 Å². The van der Waals surface area contributed by atoms with Crippen LogP contribution in [0.25, 0.3) is 10.2 Å². The first-order valence-electron chi connectivity index (χ1n) is 8.90. The van der Waals surface area contributed by atoms with Crippen molar-refractivity contribution in [3.63, 3.8) is 0 Å². The molecule has 0 fully saturated rings. The Bertz CT molecular complexity index is 890. The van der Waals surface area contributed by atoms with E-state index in [4.69, 9.17) is 9.47 Å². The maximum Gasteiger partial charge on any atom is 0.222 e. The fourth-order valence-electron chi connectivity index (χ4n) is 2.93. The Hall–Kier alpha value is -2.60. The van der Waals surface area contributed by atoms with Crippen LogP contribution in [-0.4, -0.2) is 37.1 Å². The molecule has 0 saturated heterocycles. The lowest BCUT2D eigenvalue weighted by molar-refractivity contribution is -0.130. The predicted molar refractivity (Wildman–Crippen MR) is 109 cm³/mol. The Kier molecular flexibility index (Phi) is 6.29. The summed E-state index contributed by atoms with van der Waals surface area (Å²) in [6.07, 6.45) is 2.12. The molecule has 0 atom stereocenters. The summed E-state index contributed by atoms with van der Waals surface area (Å²) in [6, 6.07) is 13.8. The van der Waals surface area contributed by atoms with Crippen molar-refractivity contribution in [2.75, 3.05) is 21.3 Å². The summed E-state index contributed by atoms with van der Waals surface area (Å²) >= 11 is 1.70. The van der Waals surface area contributed by atoms with E-state index in [0.717, 1.165) is 40.4 Å². The molecule has 0 unspecified atom stereocenters. The van der Waals surface area contributed by atoms with Crippen molar-refractivity contribution in [2.24, 2.45) is 0 Å². The summed E-state index contributed by atoms with van der Waals surface area (Å²) in [5.74, 6) is 1.58. The molecule has 0 spiro atoms. The highest BCUT2D eigenvalue weighted by Gasteiger charge is 2.13. The van der Waals surface area contributed by atoms with Crippen molar-refractivity contribution in [1.29, 1.82) is 0 Å². The van der Waals surface area contributed by atoms with Gasteiger partial charge in [0.1, 0.15) is 11.5 Å². The average Bonchev–Trinajstić information content (AvgIpc) is 3.10. The van der Waals surface area contributed by atoms with Crippen molar-refractivity contribution < 1.29 is 14.3 Å². The number of hydrogen-bond donors (Lipinski definition) is 0. The fourth-order valence-corrected chi connectivity index (χ4v) is 3.94. The molecular weight excluding hydrogens is 360 g/mol. The van der Waals surface area contributed by atoms with E-state index in [-0.39, 0.29) is 5.91 Å². The number of hydrogen-bond acceptors (Lipinski definition) is 5. The molecule has 0 saturated carbocycles. The number of fused-ring (bicyclic) bond motifs is 1. The van der Waals surface area contributed by atoms with Gasteiger partial charge in [-0.25, -0.2) is 4.98 Å². The van der Waals surface area contributed by atoms with E-state index >= 15 is 0 Å². The van der Waals surface area contributed by atoms with Crippen LogP contribution in [0.15, 0.2) is 42.5 Å². The third-order valence-corrected chi connectivity index (χ3v) is 5.54. The number of methoxy groups -OCH3 is 2. The fraction of sp³-hybridized carbons (Fsp3) is 0.333. The van der Waals surface area contributed by atoms with Crippen molar-refractivity contribution in [3.05, 3.63) is 53.0 Å². The summed E-state index contributed by atoms with van der Waals surface area (Å²) in [5, 5.41) is 1.09. The molecule has 0 radical (unpaired) electrons. The number of aromatic nitrogens is 1. The second kappa shape index (κ2) is 8.86. The Morgan fingerprint density at radius 3 is 2.70 bits per heavy atom. The second-order valence-electron chi connectivity index (χ2n) is 6.36. The van der Waals surface area contributed by atoms with Crippen LogP contribution >= 0.6 is 11.3 Å². The second-order valence-corrected chi connectivity index (χ2v) is 7.47. The molecule has 0 aliphatic carbocycles. The molecule has 1 heterocycles. The van der Waals surface area contributed by atoms with Crippen LogP contribution in [0.3, 0.4) is 0 Å². The molecule has 27 heavy (non-hydrogen) atoms. The van der Waals surface area contributed by atoms with Gasteiger partial charge in [0.05, 0.1) is 29.4 Å². The summed E-state index contributed by atoms with van der Waals surface area (Å²) < 4.78 is 11.8. The number of para-hydroxylation sites is 1. The number of nitrogens with zero attached hydrogens (tertiary/aromatic N) is 2. The lowest BCUT2D eigenvalue weighted by atomic mass is 10.1. The highest BCUT2D eigenvalue weighted by Crippen LogP contribution is 2.26. The number of amides is 1. The lowest BCUT2D eigenvalue weighted by Crippen LogP contribution is -2.26. The SMILES string of the molecule is COc1ccc(CN(C)C(=O)CCCc2nc3ccccc3s2)c(OC)c1. The first-order valence-corrected chi connectivity index (χ1v) is 9.71. The van der Waals surface area contributed by atoms with Gasteiger partial charge in [-0.05, 0) is 37.1 Å². The van der Waals surface area contributed by atoms with Gasteiger partial charge >= 0.3 is 0 Å². The predicted octanol–water partition coefficient (Wildman–Crippen LogP) is 4.29. The largest absolute Gasteiger partial charge is 0.497 e. The van der Waals surface area contributed by atoms with Crippen molar-refractivity contribution in [3.8, 4) is 11.5 Å². The van der Waals surface area contributed by atoms with Gasteiger partial charge in [-0.3, -0.25) is 4.79 Å². The molecule has 2 aromatic carbocycles. The number of ether oxygens (including phenoxy) is 2. The van der Waals surface area contributed by atoms with Gasteiger partial charge in [0.2, 0.25) is 5.91 Å². The zero-order chi connectivity index (χ0) is 19.2. The van der Waals surface area contributed by atoms with Gasteiger partial charge in [-0.1, -0.05) is 12.1 Å². The van der Waals surface area contributed by atoms with Gasteiger partial charge in [0, 0.05) is 31.6 Å². The van der Waals surface area contributed by atoms with Gasteiger partial charge in [0.25, 0.3) is 0 Å². The van der Waals surface area contributed by atoms with Gasteiger partial charge in [0.15, 0.2) is 0 Å². The third-order valence-electron chi connectivity index (χ3n) is 4.45. The number of thiazole rings is 1. The minimum absolute atomic E-state index is 0.119. The third kappa shape index (κ3) is 4.77. The number of aryl methyl sites for hydroxylation is 1. The van der Waals surface area contributed by atoms with Crippen LogP contribution in [0.2, 0.25) is 0 Å². The maximum absolute atomic E-state index is 12.5. The van der Waals surface area contributed by atoms with Gasteiger partial charge in [-0.15, -0.1) is 11.3 Å². The standard InChI is InChI=1S/C21H24N2O3S/c1-23(14-15-11-12-16(25-2)13-18(15)26-3)21(24)10-6-9-20-22-17-7-4-5-8-19(17)27-20/h4-5,7-8,11-13H,6,9-10,14H2,1-3H3. The summed E-state index contributed by atoms with van der Waals surface area (Å²) in [7, 11) is 5.07. The number of rotatable bonds is 8. The Morgan fingerprint density at radius 1 is 1.15 bits per heavy atom. The highest BCUT2D eigenvalue weighted by molar-refractivity contribution is 7.18. The summed E-state index contributed by atoms with van der Waals surface area (Å²) in [6.45, 7) is 0.507. The molecule has 1 amide bonds. The molecule has 142 valence electrons. The Morgan fingerprint density at radius 2 is 1.96 bits per heavy atom. The molecule has 3 aromatic rings. The Balaban J connectivity index is 1.53. The van der Waals surface area contributed by atoms with Gasteiger partial charge in [-0.2, -0.15) is 0 Å². The molecule has 1 aromatic heterocycles. The molecule has 0 aliphatic heterocycles. The minimum atomic E-state index is 0.119. The summed E-state index contributed by atoms with van der Waals surface area (Å²) in [4.78, 5) is 18.8. The molecular formula is C21H24N2O3S. The minimum Gasteiger partial charge on any atom is -0.497 e. The zero-order valence-electron chi connectivity index (χ0n) is 15.9. The van der Waals surface area contributed by atoms with Gasteiger partial charge < -0.3 is 14.4 Å². The monoisotopic (exact) mass is 384 g/mol. The zero-order valence-corrected chi connectivity index (χ0v) is 16.7. The van der Waals surface area contributed by atoms with Crippen LogP contribution in [0.4, 0.5) is 0 Å². The van der Waals surface area contributed by atoms with Crippen molar-refractivity contribution in [1.82, 2.24) is 9.88 Å². The van der Waals surface area contributed by atoms with Crippen LogP contribution in [-0.2, 0) is 17.8 Å². The topological polar surface area (TPSA) is 51.7 Å². The first-order chi connectivity index (χ1) is 13.1. The molecule has 6 heteroatoms. The van der Waals surface area contributed by atoms with E-state index < -0.39 is 0 Å². The van der Waals surface area contributed by atoms with E-state index in [9.17, 15) is 4.79 Å². The van der Waals surface area contributed by atoms with Crippen LogP contribution in [0, 0.1) is 0 Å². The highest BCUT2D eigenvalue weighted by atomic mass is 32.1. The number of carbonyl (C=O) groups excluding carboxylic acids is 1. The quantitative estimate of drug-likeness (QED) is 0.581. The van der Waals surface area contributed by atoms with Crippen LogP contribution in [0.1, 0.15) is 23.4 Å². The molecule has 5 nitrogen and oxygen atoms in total. The van der Waals surface area contributed by atoms with Crippen molar-refractivity contribution in [2.45, 2.75) is 25.8 Å². The lowest BCUT2D eigenvalue weighted by Gasteiger charge is -2.19. The number of carbonyl (C=O) groups is 1. The molecule has 0 N–H and O–H groups in total. The number of benzene rings is 2. The van der Waals surface area contributed by atoms with Crippen LogP contribution in [0.5, 0.6) is 11.5 Å². The molecule has 0 bridgehead atoms. The normalized spacial score (nSPS) is 10.8. The smallest absolute Gasteiger partial charge is 0.222 e. The first kappa shape index (κ1) is 19.2. The molecule has 3 rings (SSSR count). The summed E-state index contributed by atoms with van der Waals surface area (Å²) in [5.41, 5.74) is 1.99. The average molecular weight is 385 g/mol. The van der Waals surface area contributed by atoms with E-state index in [2.05, 4.69) is 11.1 Å². The van der Waals surface area contributed by atoms with Crippen LogP contribution < -0.4 is 9.47 Å². The van der Waals surface area contributed by atoms with E-state index in [1.54, 1.807) is 30.5 Å². The molecule has 0 aliphatic rings. The van der Waals surface area contributed by atoms with E-state index in [1.165, 1.54) is 4.70 Å². The van der Waals surface area contributed by atoms with E-state index in [0.29, 0.717) is 13.0 Å². The van der Waals surface area contributed by atoms with Crippen molar-refractivity contribution >= 4 is 27.5 Å². The van der Waals surface area contributed by atoms with E-state index in [1.807, 2.05) is 43.4 Å². The maximum atomic E-state index is 12.5.